The Morgan fingerprint density at radius 1 is 0.368 bits per heavy atom. The van der Waals surface area contributed by atoms with E-state index in [-0.39, 0.29) is 0 Å². The van der Waals surface area contributed by atoms with Gasteiger partial charge in [0.25, 0.3) is 0 Å². The van der Waals surface area contributed by atoms with Crippen LogP contribution in [-0.2, 0) is 0 Å². The Balaban J connectivity index is 1.11. The minimum absolute atomic E-state index is 0.822. The number of fused-ring (bicyclic) bond motifs is 6. The highest BCUT2D eigenvalue weighted by atomic mass is 15.1. The molecule has 0 aliphatic rings. The lowest BCUT2D eigenvalue weighted by molar-refractivity contribution is 1.08. The van der Waals surface area contributed by atoms with Crippen molar-refractivity contribution >= 4 is 43.4 Å². The van der Waals surface area contributed by atoms with Gasteiger partial charge in [-0.3, -0.25) is 29.5 Å². The van der Waals surface area contributed by atoms with E-state index in [4.69, 9.17) is 19.9 Å². The zero-order chi connectivity index (χ0) is 37.7. The third-order valence-electron chi connectivity index (χ3n) is 10.8. The fourth-order valence-electron chi connectivity index (χ4n) is 8.02. The van der Waals surface area contributed by atoms with Crippen LogP contribution in [0.25, 0.3) is 105 Å². The van der Waals surface area contributed by atoms with E-state index in [1.807, 2.05) is 61.4 Å². The molecule has 0 bridgehead atoms. The number of benzene rings is 4. The summed E-state index contributed by atoms with van der Waals surface area (Å²) in [6.45, 7) is 0. The quantitative estimate of drug-likeness (QED) is 0.169. The first kappa shape index (κ1) is 32.5. The Morgan fingerprint density at radius 2 is 1.02 bits per heavy atom. The highest BCUT2D eigenvalue weighted by Gasteiger charge is 2.20. The lowest BCUT2D eigenvalue weighted by atomic mass is 9.96. The third-order valence-corrected chi connectivity index (χ3v) is 10.8. The molecule has 0 fully saturated rings. The maximum atomic E-state index is 5.14. The van der Waals surface area contributed by atoms with Gasteiger partial charge in [0.05, 0.1) is 28.1 Å². The number of nitrogens with zero attached hydrogens (tertiary/aromatic N) is 7. The van der Waals surface area contributed by atoms with Gasteiger partial charge in [-0.05, 0) is 71.4 Å². The molecule has 0 saturated carbocycles. The van der Waals surface area contributed by atoms with Crippen molar-refractivity contribution in [1.82, 2.24) is 34.5 Å². The van der Waals surface area contributed by atoms with E-state index in [0.29, 0.717) is 0 Å². The second-order valence-corrected chi connectivity index (χ2v) is 14.1. The SMILES string of the molecule is c1cncc(-c2ccc(-c3ccc4c(c3)c3cc(-c5ccc(-c6cccnc6)cn5)c5ccccc5c3n4-c3ccc(-c4nccc5ccccc45)cn3)nc2)c1. The van der Waals surface area contributed by atoms with Gasteiger partial charge < -0.3 is 0 Å². The number of hydrogen-bond donors (Lipinski definition) is 0. The van der Waals surface area contributed by atoms with Gasteiger partial charge in [-0.2, -0.15) is 0 Å². The van der Waals surface area contributed by atoms with Gasteiger partial charge in [-0.25, -0.2) is 4.98 Å². The molecule has 0 spiro atoms. The molecular weight excluding hydrogens is 699 g/mol. The molecule has 0 aliphatic carbocycles. The van der Waals surface area contributed by atoms with Gasteiger partial charge >= 0.3 is 0 Å². The predicted molar refractivity (Wildman–Crippen MR) is 230 cm³/mol. The summed E-state index contributed by atoms with van der Waals surface area (Å²) in [5, 5.41) is 6.67. The normalized spacial score (nSPS) is 11.5. The molecule has 0 N–H and O–H groups in total. The van der Waals surface area contributed by atoms with Gasteiger partial charge in [0.1, 0.15) is 5.82 Å². The van der Waals surface area contributed by atoms with Crippen LogP contribution in [0.2, 0.25) is 0 Å². The molecule has 7 heterocycles. The molecule has 11 rings (SSSR count). The molecule has 0 saturated heterocycles. The Bertz CT molecular complexity index is 3250. The maximum Gasteiger partial charge on any atom is 0.137 e. The van der Waals surface area contributed by atoms with Crippen molar-refractivity contribution in [2.45, 2.75) is 0 Å². The summed E-state index contributed by atoms with van der Waals surface area (Å²) in [4.78, 5) is 28.4. The largest absolute Gasteiger partial charge is 0.293 e. The van der Waals surface area contributed by atoms with Crippen molar-refractivity contribution in [3.63, 3.8) is 0 Å². The Kier molecular flexibility index (Phi) is 7.67. The first-order valence-electron chi connectivity index (χ1n) is 18.8. The molecular formula is C50H31N7. The van der Waals surface area contributed by atoms with Crippen molar-refractivity contribution in [1.29, 1.82) is 0 Å². The predicted octanol–water partition coefficient (Wildman–Crippen LogP) is 11.8. The average Bonchev–Trinajstić information content (AvgIpc) is 3.63. The smallest absolute Gasteiger partial charge is 0.137 e. The molecule has 7 heteroatoms. The summed E-state index contributed by atoms with van der Waals surface area (Å²) in [5.41, 5.74) is 12.0. The molecule has 0 atom stereocenters. The summed E-state index contributed by atoms with van der Waals surface area (Å²) in [7, 11) is 0. The average molecular weight is 730 g/mol. The van der Waals surface area contributed by atoms with E-state index in [1.54, 1.807) is 12.4 Å². The standard InChI is InChI=1S/C50H31N7/c1-2-10-39-32(7-1)21-24-53-49(39)38-16-20-48(56-31-38)57-47-19-15-33(45-17-13-36(29-54-45)34-8-5-22-51-27-34)25-43(47)44-26-42(40-11-3-4-12-41(40)50(44)57)46-18-14-37(30-55-46)35-9-6-23-52-28-35/h1-31H. The van der Waals surface area contributed by atoms with Crippen molar-refractivity contribution in [2.75, 3.05) is 0 Å². The molecule has 7 aromatic heterocycles. The molecule has 0 radical (unpaired) electrons. The summed E-state index contributed by atoms with van der Waals surface area (Å²) < 4.78 is 2.29. The van der Waals surface area contributed by atoms with E-state index in [2.05, 4.69) is 130 Å². The fourth-order valence-corrected chi connectivity index (χ4v) is 8.02. The highest BCUT2D eigenvalue weighted by molar-refractivity contribution is 6.22. The zero-order valence-electron chi connectivity index (χ0n) is 30.5. The number of rotatable bonds is 6. The Hall–Kier alpha value is -7.90. The fraction of sp³-hybridized carbons (Fsp3) is 0. The second kappa shape index (κ2) is 13.4. The monoisotopic (exact) mass is 729 g/mol. The minimum Gasteiger partial charge on any atom is -0.293 e. The maximum absolute atomic E-state index is 5.14. The van der Waals surface area contributed by atoms with Gasteiger partial charge in [-0.1, -0.05) is 78.9 Å². The molecule has 0 unspecified atom stereocenters. The highest BCUT2D eigenvalue weighted by Crippen LogP contribution is 2.42. The number of hydrogen-bond acceptors (Lipinski definition) is 6. The van der Waals surface area contributed by atoms with Crippen LogP contribution in [0, 0.1) is 0 Å². The zero-order valence-corrected chi connectivity index (χ0v) is 30.5. The van der Waals surface area contributed by atoms with Gasteiger partial charge in [0, 0.05) is 110 Å². The lowest BCUT2D eigenvalue weighted by Gasteiger charge is -2.13. The van der Waals surface area contributed by atoms with Crippen molar-refractivity contribution < 1.29 is 0 Å². The molecule has 0 amide bonds. The molecule has 266 valence electrons. The Labute approximate surface area is 327 Å². The first-order chi connectivity index (χ1) is 28.3. The topological polar surface area (TPSA) is 82.3 Å². The minimum atomic E-state index is 0.822. The summed E-state index contributed by atoms with van der Waals surface area (Å²) in [6.07, 6.45) is 15.0. The van der Waals surface area contributed by atoms with Crippen LogP contribution in [0.3, 0.4) is 0 Å². The van der Waals surface area contributed by atoms with Gasteiger partial charge in [0.2, 0.25) is 0 Å². The van der Waals surface area contributed by atoms with Gasteiger partial charge in [-0.15, -0.1) is 0 Å². The van der Waals surface area contributed by atoms with Crippen LogP contribution in [0.15, 0.2) is 189 Å². The van der Waals surface area contributed by atoms with E-state index in [9.17, 15) is 0 Å². The van der Waals surface area contributed by atoms with Crippen LogP contribution < -0.4 is 0 Å². The van der Waals surface area contributed by atoms with Crippen LogP contribution >= 0.6 is 0 Å². The molecule has 11 aromatic rings. The molecule has 4 aromatic carbocycles. The molecule has 0 aliphatic heterocycles. The molecule has 7 nitrogen and oxygen atoms in total. The van der Waals surface area contributed by atoms with Crippen LogP contribution in [0.1, 0.15) is 0 Å². The molecule has 57 heavy (non-hydrogen) atoms. The Morgan fingerprint density at radius 3 is 1.70 bits per heavy atom. The lowest BCUT2D eigenvalue weighted by Crippen LogP contribution is -1.99. The second-order valence-electron chi connectivity index (χ2n) is 14.1. The van der Waals surface area contributed by atoms with E-state index >= 15 is 0 Å². The van der Waals surface area contributed by atoms with Crippen LogP contribution in [-0.4, -0.2) is 34.5 Å². The third kappa shape index (κ3) is 5.60. The van der Waals surface area contributed by atoms with E-state index < -0.39 is 0 Å². The van der Waals surface area contributed by atoms with E-state index in [1.165, 1.54) is 0 Å². The number of aromatic nitrogens is 7. The number of pyridine rings is 6. The van der Waals surface area contributed by atoms with Crippen molar-refractivity contribution in [3.8, 4) is 61.8 Å². The van der Waals surface area contributed by atoms with E-state index in [0.717, 1.165) is 105 Å². The summed E-state index contributed by atoms with van der Waals surface area (Å²) in [5.74, 6) is 0.822. The van der Waals surface area contributed by atoms with Crippen molar-refractivity contribution in [2.24, 2.45) is 0 Å². The first-order valence-corrected chi connectivity index (χ1v) is 18.8. The summed E-state index contributed by atoms with van der Waals surface area (Å²) >= 11 is 0. The van der Waals surface area contributed by atoms with Gasteiger partial charge in [0.15, 0.2) is 0 Å². The van der Waals surface area contributed by atoms with Crippen LogP contribution in [0.5, 0.6) is 0 Å². The van der Waals surface area contributed by atoms with Crippen molar-refractivity contribution in [3.05, 3.63) is 189 Å². The summed E-state index contributed by atoms with van der Waals surface area (Å²) in [6, 6.07) is 48.5. The van der Waals surface area contributed by atoms with Crippen LogP contribution in [0.4, 0.5) is 0 Å².